The largest absolute Gasteiger partial charge is 0.484 e. The number of nitrogens with one attached hydrogen (secondary N) is 1. The van der Waals surface area contributed by atoms with E-state index in [1.54, 1.807) is 16.7 Å². The van der Waals surface area contributed by atoms with Crippen molar-refractivity contribution in [3.63, 3.8) is 0 Å². The highest BCUT2D eigenvalue weighted by molar-refractivity contribution is 7.99. The first-order valence-corrected chi connectivity index (χ1v) is 9.86. The number of carbonyl (C=O) groups excluding carboxylic acids is 2. The van der Waals surface area contributed by atoms with Crippen LogP contribution in [0.1, 0.15) is 12.0 Å². The van der Waals surface area contributed by atoms with Gasteiger partial charge in [-0.05, 0) is 25.5 Å². The van der Waals surface area contributed by atoms with Crippen LogP contribution < -0.4 is 10.1 Å². The van der Waals surface area contributed by atoms with E-state index in [1.807, 2.05) is 36.1 Å². The van der Waals surface area contributed by atoms with Gasteiger partial charge in [0.1, 0.15) is 5.75 Å². The lowest BCUT2D eigenvalue weighted by Crippen LogP contribution is -2.46. The first kappa shape index (κ1) is 18.1. The molecule has 2 aliphatic rings. The molecule has 6 nitrogen and oxygen atoms in total. The third kappa shape index (κ3) is 4.89. The van der Waals surface area contributed by atoms with Gasteiger partial charge in [-0.15, -0.1) is 11.8 Å². The van der Waals surface area contributed by atoms with Crippen molar-refractivity contribution in [1.29, 1.82) is 0 Å². The van der Waals surface area contributed by atoms with Crippen molar-refractivity contribution in [2.24, 2.45) is 0 Å². The second-order valence-corrected chi connectivity index (χ2v) is 7.46. The number of rotatable bonds is 4. The summed E-state index contributed by atoms with van der Waals surface area (Å²) in [7, 11) is 0. The molecule has 2 saturated heterocycles. The molecule has 1 aromatic carbocycles. The maximum absolute atomic E-state index is 12.5. The van der Waals surface area contributed by atoms with Crippen LogP contribution in [0.4, 0.5) is 0 Å². The molecule has 1 aromatic rings. The highest BCUT2D eigenvalue weighted by Gasteiger charge is 2.29. The lowest BCUT2D eigenvalue weighted by atomic mass is 10.2. The molecule has 2 amide bonds. The van der Waals surface area contributed by atoms with Gasteiger partial charge in [0.2, 0.25) is 5.91 Å². The Hall–Kier alpha value is -1.73. The SMILES string of the molecule is Cc1ccc(OCC(=O)N2CCCN(C(=O)C3CSCN3)CC2)cc1. The topological polar surface area (TPSA) is 61.9 Å². The first-order chi connectivity index (χ1) is 12.1. The van der Waals surface area contributed by atoms with Crippen LogP contribution in [0.3, 0.4) is 0 Å². The zero-order chi connectivity index (χ0) is 17.6. The second-order valence-electron chi connectivity index (χ2n) is 6.43. The molecule has 3 rings (SSSR count). The number of amides is 2. The highest BCUT2D eigenvalue weighted by atomic mass is 32.2. The monoisotopic (exact) mass is 363 g/mol. The normalized spacial score (nSPS) is 21.1. The van der Waals surface area contributed by atoms with Gasteiger partial charge in [0.05, 0.1) is 6.04 Å². The number of nitrogens with zero attached hydrogens (tertiary/aromatic N) is 2. The quantitative estimate of drug-likeness (QED) is 0.868. The molecule has 2 fully saturated rings. The minimum Gasteiger partial charge on any atom is -0.484 e. The van der Waals surface area contributed by atoms with Crippen LogP contribution in [0.25, 0.3) is 0 Å². The fourth-order valence-corrected chi connectivity index (χ4v) is 3.97. The second kappa shape index (κ2) is 8.58. The summed E-state index contributed by atoms with van der Waals surface area (Å²) in [5, 5.41) is 3.22. The molecule has 1 N–H and O–H groups in total. The zero-order valence-electron chi connectivity index (χ0n) is 14.6. The lowest BCUT2D eigenvalue weighted by Gasteiger charge is -2.24. The maximum Gasteiger partial charge on any atom is 0.260 e. The van der Waals surface area contributed by atoms with E-state index in [0.29, 0.717) is 31.9 Å². The van der Waals surface area contributed by atoms with E-state index >= 15 is 0 Å². The summed E-state index contributed by atoms with van der Waals surface area (Å²) in [5.74, 6) is 2.52. The predicted octanol–water partition coefficient (Wildman–Crippen LogP) is 1.10. The van der Waals surface area contributed by atoms with Gasteiger partial charge in [-0.25, -0.2) is 0 Å². The van der Waals surface area contributed by atoms with Crippen LogP contribution >= 0.6 is 11.8 Å². The summed E-state index contributed by atoms with van der Waals surface area (Å²) in [5.41, 5.74) is 1.16. The van der Waals surface area contributed by atoms with Gasteiger partial charge in [0.15, 0.2) is 6.61 Å². The van der Waals surface area contributed by atoms with Crippen molar-refractivity contribution in [2.45, 2.75) is 19.4 Å². The summed E-state index contributed by atoms with van der Waals surface area (Å²) < 4.78 is 5.59. The number of aryl methyl sites for hydroxylation is 1. The van der Waals surface area contributed by atoms with Gasteiger partial charge < -0.3 is 14.5 Å². The van der Waals surface area contributed by atoms with Crippen LogP contribution in [0.5, 0.6) is 5.75 Å². The number of benzene rings is 1. The minimum atomic E-state index is -0.0721. The third-order valence-corrected chi connectivity index (χ3v) is 5.50. The van der Waals surface area contributed by atoms with Crippen molar-refractivity contribution >= 4 is 23.6 Å². The molecule has 2 aliphatic heterocycles. The number of thioether (sulfide) groups is 1. The van der Waals surface area contributed by atoms with E-state index in [4.69, 9.17) is 4.74 Å². The van der Waals surface area contributed by atoms with Crippen molar-refractivity contribution in [3.05, 3.63) is 29.8 Å². The van der Waals surface area contributed by atoms with Crippen molar-refractivity contribution in [3.8, 4) is 5.75 Å². The fraction of sp³-hybridized carbons (Fsp3) is 0.556. The van der Waals surface area contributed by atoms with Crippen LogP contribution in [0.15, 0.2) is 24.3 Å². The highest BCUT2D eigenvalue weighted by Crippen LogP contribution is 2.14. The third-order valence-electron chi connectivity index (χ3n) is 4.56. The van der Waals surface area contributed by atoms with E-state index in [2.05, 4.69) is 5.32 Å². The van der Waals surface area contributed by atoms with E-state index in [9.17, 15) is 9.59 Å². The molecule has 25 heavy (non-hydrogen) atoms. The minimum absolute atomic E-state index is 0.0237. The van der Waals surface area contributed by atoms with E-state index in [0.717, 1.165) is 23.6 Å². The van der Waals surface area contributed by atoms with Crippen molar-refractivity contribution in [1.82, 2.24) is 15.1 Å². The molecule has 136 valence electrons. The molecule has 1 unspecified atom stereocenters. The molecular weight excluding hydrogens is 338 g/mol. The van der Waals surface area contributed by atoms with Gasteiger partial charge in [-0.1, -0.05) is 17.7 Å². The zero-order valence-corrected chi connectivity index (χ0v) is 15.4. The summed E-state index contributed by atoms with van der Waals surface area (Å²) >= 11 is 1.75. The smallest absolute Gasteiger partial charge is 0.260 e. The Balaban J connectivity index is 1.47. The number of hydrogen-bond acceptors (Lipinski definition) is 5. The molecule has 7 heteroatoms. The van der Waals surface area contributed by atoms with Crippen LogP contribution in [-0.2, 0) is 9.59 Å². The lowest BCUT2D eigenvalue weighted by molar-refractivity contribution is -0.135. The summed E-state index contributed by atoms with van der Waals surface area (Å²) in [4.78, 5) is 28.6. The Morgan fingerprint density at radius 3 is 2.60 bits per heavy atom. The molecule has 2 heterocycles. The molecular formula is C18H25N3O3S. The van der Waals surface area contributed by atoms with Crippen LogP contribution in [-0.4, -0.2) is 72.1 Å². The predicted molar refractivity (Wildman–Crippen MR) is 98.7 cm³/mol. The number of ether oxygens (including phenoxy) is 1. The molecule has 1 atom stereocenters. The Labute approximate surface area is 152 Å². The van der Waals surface area contributed by atoms with E-state index in [-0.39, 0.29) is 24.5 Å². The first-order valence-electron chi connectivity index (χ1n) is 8.70. The molecule has 0 spiro atoms. The summed E-state index contributed by atoms with van der Waals surface area (Å²) in [6.07, 6.45) is 0.807. The Bertz CT molecular complexity index is 602. The number of hydrogen-bond donors (Lipinski definition) is 1. The van der Waals surface area contributed by atoms with Gasteiger partial charge in [0, 0.05) is 37.8 Å². The van der Waals surface area contributed by atoms with Crippen molar-refractivity contribution < 1.29 is 14.3 Å². The van der Waals surface area contributed by atoms with Crippen molar-refractivity contribution in [2.75, 3.05) is 44.4 Å². The maximum atomic E-state index is 12.5. The average Bonchev–Trinajstić information content (AvgIpc) is 3.05. The molecule has 0 aromatic heterocycles. The Morgan fingerprint density at radius 2 is 1.88 bits per heavy atom. The Kier molecular flexibility index (Phi) is 6.20. The standard InChI is InChI=1S/C18H25N3O3S/c1-14-3-5-15(6-4-14)24-11-17(22)20-7-2-8-21(10-9-20)18(23)16-12-25-13-19-16/h3-6,16,19H,2,7-13H2,1H3. The van der Waals surface area contributed by atoms with E-state index in [1.165, 1.54) is 0 Å². The van der Waals surface area contributed by atoms with E-state index < -0.39 is 0 Å². The number of carbonyl (C=O) groups is 2. The van der Waals surface area contributed by atoms with Gasteiger partial charge >= 0.3 is 0 Å². The molecule has 0 bridgehead atoms. The summed E-state index contributed by atoms with van der Waals surface area (Å²) in [6, 6.07) is 7.60. The van der Waals surface area contributed by atoms with Gasteiger partial charge in [-0.2, -0.15) is 0 Å². The Morgan fingerprint density at radius 1 is 1.16 bits per heavy atom. The van der Waals surface area contributed by atoms with Crippen LogP contribution in [0, 0.1) is 6.92 Å². The molecule has 0 saturated carbocycles. The average molecular weight is 363 g/mol. The molecule has 0 aliphatic carbocycles. The van der Waals surface area contributed by atoms with Gasteiger partial charge in [-0.3, -0.25) is 14.9 Å². The fourth-order valence-electron chi connectivity index (χ4n) is 3.03. The molecule has 0 radical (unpaired) electrons. The van der Waals surface area contributed by atoms with Gasteiger partial charge in [0.25, 0.3) is 5.91 Å². The summed E-state index contributed by atoms with van der Waals surface area (Å²) in [6.45, 7) is 4.60. The van der Waals surface area contributed by atoms with Crippen LogP contribution in [0.2, 0.25) is 0 Å².